The number of carbonyl (C=O) groups excluding carboxylic acids is 1. The molecule has 0 bridgehead atoms. The molecule has 14 heavy (non-hydrogen) atoms. The molecule has 0 saturated heterocycles. The molecule has 0 aromatic rings. The van der Waals surface area contributed by atoms with Crippen molar-refractivity contribution >= 4 is 5.91 Å². The van der Waals surface area contributed by atoms with E-state index in [9.17, 15) is 4.79 Å². The van der Waals surface area contributed by atoms with Crippen molar-refractivity contribution in [2.45, 2.75) is 45.7 Å². The summed E-state index contributed by atoms with van der Waals surface area (Å²) in [6.45, 7) is 6.35. The molecule has 2 unspecified atom stereocenters. The molecule has 0 spiro atoms. The van der Waals surface area contributed by atoms with Crippen molar-refractivity contribution in [3.05, 3.63) is 0 Å². The highest BCUT2D eigenvalue weighted by atomic mass is 16.2. The van der Waals surface area contributed by atoms with E-state index in [2.05, 4.69) is 23.5 Å². The van der Waals surface area contributed by atoms with Crippen LogP contribution >= 0.6 is 0 Å². The van der Waals surface area contributed by atoms with Crippen LogP contribution in [-0.2, 0) is 4.79 Å². The monoisotopic (exact) mass is 196 g/mol. The fraction of sp³-hybridized carbons (Fsp3) is 0.727. The quantitative estimate of drug-likeness (QED) is 0.620. The smallest absolute Gasteiger partial charge is 0.237 e. The summed E-state index contributed by atoms with van der Waals surface area (Å²) in [5.74, 6) is 2.46. The molecule has 0 heterocycles. The van der Waals surface area contributed by atoms with Crippen molar-refractivity contribution < 1.29 is 4.79 Å². The summed E-state index contributed by atoms with van der Waals surface area (Å²) in [5, 5.41) is 5.85. The Hall–Kier alpha value is -1.01. The molecule has 0 rings (SSSR count). The van der Waals surface area contributed by atoms with Gasteiger partial charge in [0, 0.05) is 6.04 Å². The average molecular weight is 196 g/mol. The number of carbonyl (C=O) groups is 1. The Kier molecular flexibility index (Phi) is 6.87. The normalized spacial score (nSPS) is 14.1. The molecule has 0 radical (unpaired) electrons. The van der Waals surface area contributed by atoms with E-state index in [-0.39, 0.29) is 18.0 Å². The zero-order valence-electron chi connectivity index (χ0n) is 9.26. The largest absolute Gasteiger partial charge is 0.352 e. The first-order valence-electron chi connectivity index (χ1n) is 5.09. The molecule has 3 heteroatoms. The summed E-state index contributed by atoms with van der Waals surface area (Å²) >= 11 is 0. The third-order valence-electron chi connectivity index (χ3n) is 2.01. The van der Waals surface area contributed by atoms with Crippen molar-refractivity contribution in [1.82, 2.24) is 10.6 Å². The topological polar surface area (TPSA) is 41.1 Å². The molecule has 0 fully saturated rings. The lowest BCUT2D eigenvalue weighted by Crippen LogP contribution is -2.45. The molecule has 3 nitrogen and oxygen atoms in total. The Morgan fingerprint density at radius 3 is 2.64 bits per heavy atom. The van der Waals surface area contributed by atoms with Crippen LogP contribution in [0.15, 0.2) is 0 Å². The molecule has 2 N–H and O–H groups in total. The lowest BCUT2D eigenvalue weighted by Gasteiger charge is -2.17. The minimum atomic E-state index is -0.217. The van der Waals surface area contributed by atoms with Crippen LogP contribution in [0.1, 0.15) is 33.6 Å². The van der Waals surface area contributed by atoms with Gasteiger partial charge in [-0.2, -0.15) is 0 Å². The van der Waals surface area contributed by atoms with Gasteiger partial charge in [0.1, 0.15) is 0 Å². The molecule has 2 atom stereocenters. The van der Waals surface area contributed by atoms with E-state index in [1.165, 1.54) is 0 Å². The fourth-order valence-electron chi connectivity index (χ4n) is 1.18. The van der Waals surface area contributed by atoms with E-state index in [4.69, 9.17) is 6.42 Å². The summed E-state index contributed by atoms with van der Waals surface area (Å²) < 4.78 is 0. The Bertz CT molecular complexity index is 208. The predicted molar refractivity (Wildman–Crippen MR) is 58.8 cm³/mol. The minimum Gasteiger partial charge on any atom is -0.352 e. The zero-order valence-corrected chi connectivity index (χ0v) is 9.26. The second-order valence-corrected chi connectivity index (χ2v) is 3.51. The van der Waals surface area contributed by atoms with Gasteiger partial charge in [0.2, 0.25) is 5.91 Å². The van der Waals surface area contributed by atoms with Crippen LogP contribution in [0, 0.1) is 12.3 Å². The number of amides is 1. The molecule has 0 aliphatic rings. The standard InChI is InChI=1S/C11H20N2O/c1-5-7-9(3)13-11(14)10(4)12-8-6-2/h2,9-10,12H,5,7-8H2,1,3-4H3,(H,13,14). The lowest BCUT2D eigenvalue weighted by molar-refractivity contribution is -0.123. The van der Waals surface area contributed by atoms with Crippen LogP contribution in [0.25, 0.3) is 0 Å². The number of terminal acetylenes is 1. The van der Waals surface area contributed by atoms with Gasteiger partial charge in [-0.05, 0) is 20.3 Å². The SMILES string of the molecule is C#CCNC(C)C(=O)NC(C)CCC. The van der Waals surface area contributed by atoms with Gasteiger partial charge in [-0.25, -0.2) is 0 Å². The van der Waals surface area contributed by atoms with E-state index in [1.54, 1.807) is 0 Å². The maximum absolute atomic E-state index is 11.5. The molecule has 0 aromatic heterocycles. The van der Waals surface area contributed by atoms with E-state index < -0.39 is 0 Å². The molecule has 0 aromatic carbocycles. The summed E-state index contributed by atoms with van der Waals surface area (Å²) in [5.41, 5.74) is 0. The summed E-state index contributed by atoms with van der Waals surface area (Å²) in [7, 11) is 0. The highest BCUT2D eigenvalue weighted by Crippen LogP contribution is 1.95. The summed E-state index contributed by atoms with van der Waals surface area (Å²) in [6, 6.07) is 0.0212. The van der Waals surface area contributed by atoms with Crippen LogP contribution in [0.3, 0.4) is 0 Å². The van der Waals surface area contributed by atoms with E-state index >= 15 is 0 Å². The predicted octanol–water partition coefficient (Wildman–Crippen LogP) is 0.902. The van der Waals surface area contributed by atoms with Gasteiger partial charge in [0.15, 0.2) is 0 Å². The molecular formula is C11H20N2O. The van der Waals surface area contributed by atoms with Crippen molar-refractivity contribution in [3.63, 3.8) is 0 Å². The zero-order chi connectivity index (χ0) is 11.0. The van der Waals surface area contributed by atoms with Gasteiger partial charge in [0.25, 0.3) is 0 Å². The van der Waals surface area contributed by atoms with Gasteiger partial charge >= 0.3 is 0 Å². The third-order valence-corrected chi connectivity index (χ3v) is 2.01. The van der Waals surface area contributed by atoms with Gasteiger partial charge in [-0.3, -0.25) is 10.1 Å². The number of hydrogen-bond donors (Lipinski definition) is 2. The van der Waals surface area contributed by atoms with Crippen LogP contribution in [0.2, 0.25) is 0 Å². The molecule has 1 amide bonds. The van der Waals surface area contributed by atoms with E-state index in [0.717, 1.165) is 12.8 Å². The average Bonchev–Trinajstić information content (AvgIpc) is 2.14. The second kappa shape index (κ2) is 7.40. The first-order valence-corrected chi connectivity index (χ1v) is 5.09. The Morgan fingerprint density at radius 2 is 2.14 bits per heavy atom. The molecule has 0 aliphatic carbocycles. The number of rotatable bonds is 6. The van der Waals surface area contributed by atoms with Crippen molar-refractivity contribution in [2.24, 2.45) is 0 Å². The van der Waals surface area contributed by atoms with E-state index in [0.29, 0.717) is 6.54 Å². The summed E-state index contributed by atoms with van der Waals surface area (Å²) in [4.78, 5) is 11.5. The highest BCUT2D eigenvalue weighted by Gasteiger charge is 2.13. The number of hydrogen-bond acceptors (Lipinski definition) is 2. The Morgan fingerprint density at radius 1 is 1.50 bits per heavy atom. The number of nitrogens with one attached hydrogen (secondary N) is 2. The highest BCUT2D eigenvalue weighted by molar-refractivity contribution is 5.81. The van der Waals surface area contributed by atoms with Crippen molar-refractivity contribution in [2.75, 3.05) is 6.54 Å². The van der Waals surface area contributed by atoms with E-state index in [1.807, 2.05) is 13.8 Å². The molecule has 0 aliphatic heterocycles. The van der Waals surface area contributed by atoms with Crippen LogP contribution in [0.4, 0.5) is 0 Å². The summed E-state index contributed by atoms with van der Waals surface area (Å²) in [6.07, 6.45) is 7.17. The third kappa shape index (κ3) is 5.60. The van der Waals surface area contributed by atoms with Crippen LogP contribution < -0.4 is 10.6 Å². The fourth-order valence-corrected chi connectivity index (χ4v) is 1.18. The molecule has 80 valence electrons. The van der Waals surface area contributed by atoms with Gasteiger partial charge < -0.3 is 5.32 Å². The minimum absolute atomic E-state index is 0.0150. The van der Waals surface area contributed by atoms with Crippen molar-refractivity contribution in [1.29, 1.82) is 0 Å². The molecule has 0 saturated carbocycles. The van der Waals surface area contributed by atoms with Crippen molar-refractivity contribution in [3.8, 4) is 12.3 Å². The first kappa shape index (κ1) is 13.0. The maximum atomic E-state index is 11.5. The van der Waals surface area contributed by atoms with Gasteiger partial charge in [0.05, 0.1) is 12.6 Å². The molecular weight excluding hydrogens is 176 g/mol. The van der Waals surface area contributed by atoms with Crippen LogP contribution in [0.5, 0.6) is 0 Å². The van der Waals surface area contributed by atoms with Gasteiger partial charge in [-0.1, -0.05) is 19.3 Å². The Balaban J connectivity index is 3.77. The maximum Gasteiger partial charge on any atom is 0.237 e. The first-order chi connectivity index (χ1) is 6.61. The second-order valence-electron chi connectivity index (χ2n) is 3.51. The Labute approximate surface area is 86.6 Å². The lowest BCUT2D eigenvalue weighted by atomic mass is 10.2. The van der Waals surface area contributed by atoms with Gasteiger partial charge in [-0.15, -0.1) is 6.42 Å². The van der Waals surface area contributed by atoms with Crippen LogP contribution in [-0.4, -0.2) is 24.5 Å².